The van der Waals surface area contributed by atoms with Gasteiger partial charge in [0.2, 0.25) is 11.7 Å². The first-order valence-electron chi connectivity index (χ1n) is 9.24. The van der Waals surface area contributed by atoms with Gasteiger partial charge in [-0.15, -0.1) is 0 Å². The number of hydrogen-bond donors (Lipinski definition) is 0. The number of nitrogens with zero attached hydrogens (tertiary/aromatic N) is 4. The minimum absolute atomic E-state index is 0.0749. The lowest BCUT2D eigenvalue weighted by Gasteiger charge is -2.13. The van der Waals surface area contributed by atoms with E-state index in [-0.39, 0.29) is 16.6 Å². The summed E-state index contributed by atoms with van der Waals surface area (Å²) in [6.45, 7) is 6.01. The molecule has 0 N–H and O–H groups in total. The van der Waals surface area contributed by atoms with Crippen molar-refractivity contribution in [3.05, 3.63) is 70.1 Å². The van der Waals surface area contributed by atoms with E-state index in [1.165, 1.54) is 17.8 Å². The zero-order chi connectivity index (χ0) is 20.5. The predicted octanol–water partition coefficient (Wildman–Crippen LogP) is 4.77. The van der Waals surface area contributed by atoms with Crippen LogP contribution in [0.25, 0.3) is 22.3 Å². The van der Waals surface area contributed by atoms with Crippen LogP contribution in [-0.2, 0) is 6.54 Å². The number of hydrogen-bond acceptors (Lipinski definition) is 6. The monoisotopic (exact) mass is 410 g/mol. The molecule has 0 aliphatic carbocycles. The van der Waals surface area contributed by atoms with Crippen LogP contribution in [0.3, 0.4) is 0 Å². The second-order valence-electron chi connectivity index (χ2n) is 6.64. The molecule has 0 aliphatic rings. The number of halogens is 1. The van der Waals surface area contributed by atoms with E-state index in [0.29, 0.717) is 45.4 Å². The van der Waals surface area contributed by atoms with Crippen LogP contribution < -0.4 is 5.56 Å². The molecule has 2 aromatic heterocycles. The molecular weight excluding hydrogens is 391 g/mol. The lowest BCUT2D eigenvalue weighted by Crippen LogP contribution is -2.22. The molecule has 0 saturated carbocycles. The topological polar surface area (TPSA) is 73.8 Å². The maximum Gasteiger partial charge on any atom is 0.262 e. The van der Waals surface area contributed by atoms with E-state index < -0.39 is 0 Å². The minimum atomic E-state index is -0.316. The number of aryl methyl sites for hydroxylation is 1. The van der Waals surface area contributed by atoms with Crippen molar-refractivity contribution in [2.45, 2.75) is 37.7 Å². The average molecular weight is 410 g/mol. The summed E-state index contributed by atoms with van der Waals surface area (Å²) in [5.74, 6) is 0.394. The summed E-state index contributed by atoms with van der Waals surface area (Å²) < 4.78 is 20.9. The normalized spacial score (nSPS) is 12.4. The van der Waals surface area contributed by atoms with Gasteiger partial charge in [0.25, 0.3) is 5.56 Å². The lowest BCUT2D eigenvalue weighted by molar-refractivity contribution is 0.380. The first kappa shape index (κ1) is 19.3. The third kappa shape index (κ3) is 3.67. The van der Waals surface area contributed by atoms with E-state index >= 15 is 0 Å². The third-order valence-electron chi connectivity index (χ3n) is 4.64. The smallest absolute Gasteiger partial charge is 0.262 e. The van der Waals surface area contributed by atoms with E-state index in [4.69, 9.17) is 4.52 Å². The fraction of sp³-hybridized carbons (Fsp3) is 0.238. The van der Waals surface area contributed by atoms with Crippen LogP contribution in [0, 0.1) is 12.7 Å². The quantitative estimate of drug-likeness (QED) is 0.349. The van der Waals surface area contributed by atoms with Crippen molar-refractivity contribution in [3.8, 4) is 11.4 Å². The maximum absolute atomic E-state index is 13.8. The molecule has 1 atom stereocenters. The van der Waals surface area contributed by atoms with E-state index in [1.807, 2.05) is 32.0 Å². The van der Waals surface area contributed by atoms with Crippen molar-refractivity contribution < 1.29 is 8.91 Å². The largest absolute Gasteiger partial charge is 0.338 e. The molecule has 4 aromatic rings. The van der Waals surface area contributed by atoms with Crippen LogP contribution in [0.4, 0.5) is 4.39 Å². The molecule has 0 aliphatic heterocycles. The van der Waals surface area contributed by atoms with Crippen molar-refractivity contribution in [3.63, 3.8) is 0 Å². The highest BCUT2D eigenvalue weighted by Crippen LogP contribution is 2.34. The summed E-state index contributed by atoms with van der Waals surface area (Å²) in [6.07, 6.45) is 0. The second kappa shape index (κ2) is 7.79. The third-order valence-corrected chi connectivity index (χ3v) is 5.72. The van der Waals surface area contributed by atoms with Crippen LogP contribution in [0.15, 0.2) is 56.9 Å². The highest BCUT2D eigenvalue weighted by atomic mass is 32.2. The Labute approximate surface area is 170 Å². The van der Waals surface area contributed by atoms with Gasteiger partial charge < -0.3 is 4.52 Å². The van der Waals surface area contributed by atoms with Crippen molar-refractivity contribution in [1.82, 2.24) is 19.7 Å². The highest BCUT2D eigenvalue weighted by molar-refractivity contribution is 7.99. The second-order valence-corrected chi connectivity index (χ2v) is 7.95. The summed E-state index contributed by atoms with van der Waals surface area (Å²) in [6, 6.07) is 12.1. The average Bonchev–Trinajstić information content (AvgIpc) is 3.21. The highest BCUT2D eigenvalue weighted by Gasteiger charge is 2.20. The van der Waals surface area contributed by atoms with Gasteiger partial charge in [-0.3, -0.25) is 9.36 Å². The zero-order valence-corrected chi connectivity index (χ0v) is 17.0. The van der Waals surface area contributed by atoms with Crippen LogP contribution >= 0.6 is 11.8 Å². The number of aromatic nitrogens is 4. The Hall–Kier alpha value is -3.00. The van der Waals surface area contributed by atoms with E-state index in [2.05, 4.69) is 15.1 Å². The van der Waals surface area contributed by atoms with Gasteiger partial charge >= 0.3 is 0 Å². The molecular formula is C21H19FN4O2S. The number of rotatable bonds is 5. The van der Waals surface area contributed by atoms with E-state index in [1.54, 1.807) is 29.7 Å². The molecule has 4 rings (SSSR count). The summed E-state index contributed by atoms with van der Waals surface area (Å²) in [5, 5.41) is 4.91. The van der Waals surface area contributed by atoms with Crippen LogP contribution in [-0.4, -0.2) is 19.7 Å². The van der Waals surface area contributed by atoms with Gasteiger partial charge in [0.1, 0.15) is 5.82 Å². The Balaban J connectivity index is 1.65. The minimum Gasteiger partial charge on any atom is -0.338 e. The Morgan fingerprint density at radius 3 is 2.76 bits per heavy atom. The van der Waals surface area contributed by atoms with Crippen molar-refractivity contribution in [1.29, 1.82) is 0 Å². The van der Waals surface area contributed by atoms with Gasteiger partial charge in [-0.05, 0) is 44.5 Å². The Morgan fingerprint density at radius 1 is 1.21 bits per heavy atom. The van der Waals surface area contributed by atoms with Crippen LogP contribution in [0.2, 0.25) is 0 Å². The summed E-state index contributed by atoms with van der Waals surface area (Å²) in [5.41, 5.74) is 1.68. The number of fused-ring (bicyclic) bond motifs is 1. The molecule has 2 aromatic carbocycles. The number of thioether (sulfide) groups is 1. The molecule has 0 fully saturated rings. The fourth-order valence-electron chi connectivity index (χ4n) is 2.97. The molecule has 8 heteroatoms. The van der Waals surface area contributed by atoms with Crippen molar-refractivity contribution in [2.75, 3.05) is 0 Å². The van der Waals surface area contributed by atoms with E-state index in [9.17, 15) is 9.18 Å². The summed E-state index contributed by atoms with van der Waals surface area (Å²) in [4.78, 5) is 21.8. The first-order valence-corrected chi connectivity index (χ1v) is 10.1. The molecule has 2 heterocycles. The lowest BCUT2D eigenvalue weighted by atomic mass is 10.1. The molecule has 0 radical (unpaired) electrons. The Morgan fingerprint density at radius 2 is 2.00 bits per heavy atom. The van der Waals surface area contributed by atoms with Gasteiger partial charge in [-0.25, -0.2) is 9.37 Å². The van der Waals surface area contributed by atoms with Crippen LogP contribution in [0.1, 0.15) is 30.6 Å². The zero-order valence-electron chi connectivity index (χ0n) is 16.2. The van der Waals surface area contributed by atoms with Gasteiger partial charge in [0, 0.05) is 12.1 Å². The molecule has 6 nitrogen and oxygen atoms in total. The van der Waals surface area contributed by atoms with Gasteiger partial charge in [-0.1, -0.05) is 41.2 Å². The molecule has 148 valence electrons. The van der Waals surface area contributed by atoms with Gasteiger partial charge in [-0.2, -0.15) is 4.98 Å². The molecule has 0 bridgehead atoms. The predicted molar refractivity (Wildman–Crippen MR) is 110 cm³/mol. The SMILES string of the molecule is CCn1c(SC(C)c2nc(-c3ccc(C)c(F)c3)no2)nc2ccccc2c1=O. The van der Waals surface area contributed by atoms with E-state index in [0.717, 1.165) is 0 Å². The van der Waals surface area contributed by atoms with Gasteiger partial charge in [0.05, 0.1) is 16.2 Å². The maximum atomic E-state index is 13.8. The van der Waals surface area contributed by atoms with Crippen molar-refractivity contribution >= 4 is 22.7 Å². The molecule has 0 amide bonds. The van der Waals surface area contributed by atoms with Gasteiger partial charge in [0.15, 0.2) is 5.16 Å². The number of benzene rings is 2. The Bertz CT molecular complexity index is 1250. The van der Waals surface area contributed by atoms with Crippen molar-refractivity contribution in [2.24, 2.45) is 0 Å². The molecule has 29 heavy (non-hydrogen) atoms. The fourth-order valence-corrected chi connectivity index (χ4v) is 3.98. The molecule has 0 spiro atoms. The molecule has 1 unspecified atom stereocenters. The molecule has 0 saturated heterocycles. The van der Waals surface area contributed by atoms with Crippen LogP contribution in [0.5, 0.6) is 0 Å². The standard InChI is InChI=1S/C21H19FN4O2S/c1-4-26-20(27)15-7-5-6-8-17(15)23-21(26)29-13(3)19-24-18(25-28-19)14-10-9-12(2)16(22)11-14/h5-11,13H,4H2,1-3H3. The summed E-state index contributed by atoms with van der Waals surface area (Å²) >= 11 is 1.37. The number of para-hydroxylation sites is 1. The first-order chi connectivity index (χ1) is 14.0. The summed E-state index contributed by atoms with van der Waals surface area (Å²) in [7, 11) is 0. The Kier molecular flexibility index (Phi) is 5.19.